The zero-order valence-corrected chi connectivity index (χ0v) is 13.0. The Balaban J connectivity index is 2.19. The Morgan fingerprint density at radius 1 is 1.30 bits per heavy atom. The molecule has 0 saturated carbocycles. The number of rotatable bonds is 9. The van der Waals surface area contributed by atoms with Crippen LogP contribution in [0.5, 0.6) is 0 Å². The predicted molar refractivity (Wildman–Crippen MR) is 78.4 cm³/mol. The van der Waals surface area contributed by atoms with Gasteiger partial charge < -0.3 is 14.8 Å². The Morgan fingerprint density at radius 2 is 2.10 bits per heavy atom. The predicted octanol–water partition coefficient (Wildman–Crippen LogP) is 2.76. The number of hydrogen-bond donors (Lipinski definition) is 1. The third-order valence-electron chi connectivity index (χ3n) is 2.63. The smallest absolute Gasteiger partial charge is 0.252 e. The number of amides is 1. The molecule has 1 rings (SSSR count). The number of methoxy groups -OCH3 is 1. The lowest BCUT2D eigenvalue weighted by molar-refractivity contribution is 0.0686. The van der Waals surface area contributed by atoms with E-state index < -0.39 is 5.82 Å². The van der Waals surface area contributed by atoms with Gasteiger partial charge in [-0.1, -0.05) is 6.07 Å². The Labute approximate surface area is 126 Å². The molecule has 20 heavy (non-hydrogen) atoms. The average Bonchev–Trinajstić information content (AvgIpc) is 2.44. The number of nitrogens with one attached hydrogen (secondary N) is 1. The van der Waals surface area contributed by atoms with Gasteiger partial charge in [0, 0.05) is 20.3 Å². The highest BCUT2D eigenvalue weighted by atomic mass is 79.9. The normalized spacial score (nSPS) is 10.6. The third-order valence-corrected chi connectivity index (χ3v) is 3.43. The van der Waals surface area contributed by atoms with Crippen LogP contribution < -0.4 is 5.32 Å². The van der Waals surface area contributed by atoms with Gasteiger partial charge in [-0.05, 0) is 40.9 Å². The average molecular weight is 348 g/mol. The van der Waals surface area contributed by atoms with Crippen LogP contribution in [0.15, 0.2) is 22.7 Å². The fraction of sp³-hybridized carbons (Fsp3) is 0.500. The summed E-state index contributed by atoms with van der Waals surface area (Å²) in [5.41, 5.74) is 0.307. The van der Waals surface area contributed by atoms with Crippen molar-refractivity contribution >= 4 is 21.8 Å². The summed E-state index contributed by atoms with van der Waals surface area (Å²) in [6, 6.07) is 4.40. The minimum absolute atomic E-state index is 0.195. The van der Waals surface area contributed by atoms with Crippen molar-refractivity contribution in [2.75, 3.05) is 33.5 Å². The molecule has 0 aliphatic heterocycles. The molecule has 0 spiro atoms. The fourth-order valence-corrected chi connectivity index (χ4v) is 1.99. The molecule has 1 amide bonds. The largest absolute Gasteiger partial charge is 0.382 e. The molecular formula is C14H19BrFNO3. The van der Waals surface area contributed by atoms with Crippen molar-refractivity contribution < 1.29 is 18.7 Å². The lowest BCUT2D eigenvalue weighted by atomic mass is 10.2. The van der Waals surface area contributed by atoms with Crippen molar-refractivity contribution in [2.45, 2.75) is 12.8 Å². The van der Waals surface area contributed by atoms with E-state index in [2.05, 4.69) is 21.2 Å². The number of ether oxygens (including phenoxy) is 2. The summed E-state index contributed by atoms with van der Waals surface area (Å²) in [6.07, 6.45) is 1.67. The summed E-state index contributed by atoms with van der Waals surface area (Å²) in [7, 11) is 1.63. The molecule has 4 nitrogen and oxygen atoms in total. The van der Waals surface area contributed by atoms with E-state index in [0.717, 1.165) is 12.8 Å². The van der Waals surface area contributed by atoms with Gasteiger partial charge in [-0.2, -0.15) is 0 Å². The van der Waals surface area contributed by atoms with Crippen LogP contribution in [0.3, 0.4) is 0 Å². The van der Waals surface area contributed by atoms with E-state index in [-0.39, 0.29) is 10.4 Å². The molecule has 0 heterocycles. The van der Waals surface area contributed by atoms with Crippen LogP contribution in [0.2, 0.25) is 0 Å². The number of hydrogen-bond acceptors (Lipinski definition) is 3. The van der Waals surface area contributed by atoms with Crippen LogP contribution in [0, 0.1) is 5.82 Å². The molecule has 0 aromatic heterocycles. The first-order chi connectivity index (χ1) is 9.66. The summed E-state index contributed by atoms with van der Waals surface area (Å²) >= 11 is 3.07. The van der Waals surface area contributed by atoms with E-state index >= 15 is 0 Å². The van der Waals surface area contributed by atoms with Gasteiger partial charge in [0.1, 0.15) is 5.82 Å². The second-order valence-electron chi connectivity index (χ2n) is 4.17. The van der Waals surface area contributed by atoms with E-state index in [1.807, 2.05) is 0 Å². The molecule has 0 unspecified atom stereocenters. The molecule has 0 atom stereocenters. The van der Waals surface area contributed by atoms with E-state index in [1.54, 1.807) is 13.2 Å². The van der Waals surface area contributed by atoms with Gasteiger partial charge in [-0.3, -0.25) is 4.79 Å². The van der Waals surface area contributed by atoms with Crippen molar-refractivity contribution in [3.63, 3.8) is 0 Å². The fourth-order valence-electron chi connectivity index (χ4n) is 1.55. The van der Waals surface area contributed by atoms with Crippen molar-refractivity contribution in [1.82, 2.24) is 5.32 Å². The summed E-state index contributed by atoms with van der Waals surface area (Å²) < 4.78 is 23.6. The van der Waals surface area contributed by atoms with Crippen molar-refractivity contribution in [2.24, 2.45) is 0 Å². The van der Waals surface area contributed by atoms with Crippen molar-refractivity contribution in [1.29, 1.82) is 0 Å². The van der Waals surface area contributed by atoms with Gasteiger partial charge in [0.05, 0.1) is 23.2 Å². The van der Waals surface area contributed by atoms with Crippen LogP contribution in [-0.2, 0) is 9.47 Å². The van der Waals surface area contributed by atoms with E-state index in [0.29, 0.717) is 31.9 Å². The standard InChI is InChI=1S/C14H19BrFNO3/c1-19-9-10-20-8-3-2-7-17-14(18)11-5-4-6-12(16)13(11)15/h4-6H,2-3,7-10H2,1H3,(H,17,18). The Bertz CT molecular complexity index is 429. The van der Waals surface area contributed by atoms with Crippen molar-refractivity contribution in [3.8, 4) is 0 Å². The minimum Gasteiger partial charge on any atom is -0.382 e. The van der Waals surface area contributed by atoms with Gasteiger partial charge in [0.2, 0.25) is 0 Å². The second-order valence-corrected chi connectivity index (χ2v) is 4.96. The van der Waals surface area contributed by atoms with E-state index in [9.17, 15) is 9.18 Å². The zero-order valence-electron chi connectivity index (χ0n) is 11.5. The number of unbranched alkanes of at least 4 members (excludes halogenated alkanes) is 1. The molecule has 1 aromatic carbocycles. The van der Waals surface area contributed by atoms with Gasteiger partial charge >= 0.3 is 0 Å². The molecule has 0 radical (unpaired) electrons. The number of carbonyl (C=O) groups excluding carboxylic acids is 1. The molecular weight excluding hydrogens is 329 g/mol. The molecule has 0 fully saturated rings. The second kappa shape index (κ2) is 9.85. The molecule has 0 aliphatic carbocycles. The molecule has 112 valence electrons. The van der Waals surface area contributed by atoms with E-state index in [4.69, 9.17) is 9.47 Å². The summed E-state index contributed by atoms with van der Waals surface area (Å²) in [4.78, 5) is 11.8. The van der Waals surface area contributed by atoms with Crippen molar-refractivity contribution in [3.05, 3.63) is 34.1 Å². The number of halogens is 2. The molecule has 1 aromatic rings. The SMILES string of the molecule is COCCOCCCCNC(=O)c1cccc(F)c1Br. The maximum Gasteiger partial charge on any atom is 0.252 e. The van der Waals surface area contributed by atoms with Crippen LogP contribution in [0.1, 0.15) is 23.2 Å². The maximum absolute atomic E-state index is 13.3. The molecule has 0 bridgehead atoms. The lowest BCUT2D eigenvalue weighted by Crippen LogP contribution is -2.25. The van der Waals surface area contributed by atoms with Gasteiger partial charge in [0.15, 0.2) is 0 Å². The van der Waals surface area contributed by atoms with Crippen LogP contribution in [-0.4, -0.2) is 39.4 Å². The Morgan fingerprint density at radius 3 is 2.85 bits per heavy atom. The molecule has 0 aliphatic rings. The van der Waals surface area contributed by atoms with Crippen LogP contribution >= 0.6 is 15.9 Å². The van der Waals surface area contributed by atoms with Crippen LogP contribution in [0.4, 0.5) is 4.39 Å². The first kappa shape index (κ1) is 17.1. The van der Waals surface area contributed by atoms with Gasteiger partial charge in [-0.25, -0.2) is 4.39 Å². The third kappa shape index (κ3) is 5.98. The van der Waals surface area contributed by atoms with E-state index in [1.165, 1.54) is 12.1 Å². The first-order valence-electron chi connectivity index (χ1n) is 6.45. The summed E-state index contributed by atoms with van der Waals surface area (Å²) in [5, 5.41) is 2.75. The first-order valence-corrected chi connectivity index (χ1v) is 7.25. The minimum atomic E-state index is -0.441. The summed E-state index contributed by atoms with van der Waals surface area (Å²) in [5.74, 6) is -0.721. The molecule has 6 heteroatoms. The Kier molecular flexibility index (Phi) is 8.41. The van der Waals surface area contributed by atoms with Gasteiger partial charge in [0.25, 0.3) is 5.91 Å². The lowest BCUT2D eigenvalue weighted by Gasteiger charge is -2.07. The number of carbonyl (C=O) groups is 1. The highest BCUT2D eigenvalue weighted by Crippen LogP contribution is 2.20. The van der Waals surface area contributed by atoms with Gasteiger partial charge in [-0.15, -0.1) is 0 Å². The highest BCUT2D eigenvalue weighted by molar-refractivity contribution is 9.10. The van der Waals surface area contributed by atoms with Crippen LogP contribution in [0.25, 0.3) is 0 Å². The monoisotopic (exact) mass is 347 g/mol. The zero-order chi connectivity index (χ0) is 14.8. The maximum atomic E-state index is 13.3. The molecule has 0 saturated heterocycles. The topological polar surface area (TPSA) is 47.6 Å². The summed E-state index contributed by atoms with van der Waals surface area (Å²) in [6.45, 7) is 2.35. The molecule has 1 N–H and O–H groups in total. The Hall–Kier alpha value is -0.980. The quantitative estimate of drug-likeness (QED) is 0.698. The highest BCUT2D eigenvalue weighted by Gasteiger charge is 2.12. The number of benzene rings is 1.